The minimum atomic E-state index is -0.454. The molecule has 5 heteroatoms. The van der Waals surface area contributed by atoms with Gasteiger partial charge in [0.15, 0.2) is 0 Å². The predicted molar refractivity (Wildman–Crippen MR) is 78.4 cm³/mol. The number of nitrogens with one attached hydrogen (secondary N) is 1. The van der Waals surface area contributed by atoms with Crippen LogP contribution in [-0.4, -0.2) is 42.3 Å². The average Bonchev–Trinajstić information content (AvgIpc) is 2.18. The fraction of sp³-hybridized carbons (Fsp3) is 0.786. The van der Waals surface area contributed by atoms with Crippen molar-refractivity contribution < 1.29 is 9.53 Å². The van der Waals surface area contributed by atoms with Crippen LogP contribution in [0.2, 0.25) is 0 Å². The maximum absolute atomic E-state index is 11.7. The molecule has 0 aliphatic carbocycles. The third kappa shape index (κ3) is 6.30. The van der Waals surface area contributed by atoms with Gasteiger partial charge in [0.1, 0.15) is 5.60 Å². The predicted octanol–water partition coefficient (Wildman–Crippen LogP) is 2.97. The van der Waals surface area contributed by atoms with E-state index in [4.69, 9.17) is 16.3 Å². The van der Waals surface area contributed by atoms with Crippen molar-refractivity contribution in [1.29, 1.82) is 0 Å². The molecule has 1 aliphatic rings. The van der Waals surface area contributed by atoms with Crippen LogP contribution in [-0.2, 0) is 4.74 Å². The minimum absolute atomic E-state index is 0.162. The molecule has 1 fully saturated rings. The number of piperidine rings is 1. The van der Waals surface area contributed by atoms with Crippen molar-refractivity contribution in [2.24, 2.45) is 5.92 Å². The quantitative estimate of drug-likeness (QED) is 0.868. The second-order valence-electron chi connectivity index (χ2n) is 6.27. The highest BCUT2D eigenvalue weighted by atomic mass is 35.5. The molecule has 0 unspecified atom stereocenters. The first-order valence-electron chi connectivity index (χ1n) is 6.72. The summed E-state index contributed by atoms with van der Waals surface area (Å²) in [6, 6.07) is 0.162. The summed E-state index contributed by atoms with van der Waals surface area (Å²) >= 11 is 5.83. The number of amides is 1. The van der Waals surface area contributed by atoms with Crippen LogP contribution in [0.1, 0.15) is 34.1 Å². The fourth-order valence-electron chi connectivity index (χ4n) is 2.29. The third-order valence-corrected chi connectivity index (χ3v) is 3.21. The molecule has 0 aromatic carbocycles. The number of carbonyl (C=O) groups is 1. The Morgan fingerprint density at radius 2 is 2.16 bits per heavy atom. The molecule has 110 valence electrons. The molecule has 4 nitrogen and oxygen atoms in total. The van der Waals surface area contributed by atoms with Gasteiger partial charge in [-0.2, -0.15) is 0 Å². The first-order chi connectivity index (χ1) is 8.67. The number of carbonyl (C=O) groups excluding carboxylic acids is 1. The summed E-state index contributed by atoms with van der Waals surface area (Å²) in [5.41, 5.74) is -0.454. The van der Waals surface area contributed by atoms with Gasteiger partial charge in [-0.05, 0) is 33.1 Å². The maximum atomic E-state index is 11.7. The summed E-state index contributed by atoms with van der Waals surface area (Å²) in [5, 5.41) is 3.61. The van der Waals surface area contributed by atoms with Gasteiger partial charge in [0, 0.05) is 30.7 Å². The topological polar surface area (TPSA) is 41.6 Å². The molecule has 2 atom stereocenters. The van der Waals surface area contributed by atoms with Gasteiger partial charge in [-0.1, -0.05) is 25.1 Å². The molecule has 0 bridgehead atoms. The molecule has 1 amide bonds. The summed E-state index contributed by atoms with van der Waals surface area (Å²) in [4.78, 5) is 14.0. The maximum Gasteiger partial charge on any atom is 0.407 e. The molecule has 0 aromatic rings. The first kappa shape index (κ1) is 16.3. The van der Waals surface area contributed by atoms with Gasteiger partial charge in [-0.25, -0.2) is 4.79 Å². The third-order valence-electron chi connectivity index (χ3n) is 3.09. The number of alkyl carbamates (subject to hydrolysis) is 1. The zero-order chi connectivity index (χ0) is 14.6. The number of hydrogen-bond donors (Lipinski definition) is 1. The second kappa shape index (κ2) is 6.62. The van der Waals surface area contributed by atoms with E-state index in [1.165, 1.54) is 0 Å². The molecular weight excluding hydrogens is 264 g/mol. The lowest BCUT2D eigenvalue weighted by molar-refractivity contribution is 0.0447. The Bertz CT molecular complexity index is 339. The van der Waals surface area contributed by atoms with E-state index in [2.05, 4.69) is 23.7 Å². The van der Waals surface area contributed by atoms with Crippen LogP contribution in [0.4, 0.5) is 4.79 Å². The zero-order valence-electron chi connectivity index (χ0n) is 12.3. The lowest BCUT2D eigenvalue weighted by Gasteiger charge is -2.37. The molecule has 1 heterocycles. The fourth-order valence-corrected chi connectivity index (χ4v) is 2.46. The number of ether oxygens (including phenoxy) is 1. The van der Waals surface area contributed by atoms with E-state index in [1.807, 2.05) is 20.8 Å². The molecule has 1 saturated heterocycles. The zero-order valence-corrected chi connectivity index (χ0v) is 13.1. The first-order valence-corrected chi connectivity index (χ1v) is 7.10. The minimum Gasteiger partial charge on any atom is -0.444 e. The number of hydrogen-bond acceptors (Lipinski definition) is 3. The average molecular weight is 289 g/mol. The number of nitrogens with zero attached hydrogens (tertiary/aromatic N) is 1. The van der Waals surface area contributed by atoms with E-state index in [-0.39, 0.29) is 12.1 Å². The van der Waals surface area contributed by atoms with Gasteiger partial charge in [-0.15, -0.1) is 0 Å². The van der Waals surface area contributed by atoms with Gasteiger partial charge >= 0.3 is 6.09 Å². The summed E-state index contributed by atoms with van der Waals surface area (Å²) < 4.78 is 5.28. The van der Waals surface area contributed by atoms with Crippen LogP contribution >= 0.6 is 11.6 Å². The van der Waals surface area contributed by atoms with Gasteiger partial charge in [0.25, 0.3) is 0 Å². The molecule has 19 heavy (non-hydrogen) atoms. The molecule has 1 rings (SSSR count). The van der Waals surface area contributed by atoms with E-state index in [0.717, 1.165) is 19.5 Å². The summed E-state index contributed by atoms with van der Waals surface area (Å²) in [7, 11) is 0. The van der Waals surface area contributed by atoms with Crippen molar-refractivity contribution >= 4 is 17.7 Å². The van der Waals surface area contributed by atoms with Gasteiger partial charge in [0.2, 0.25) is 0 Å². The van der Waals surface area contributed by atoms with Crippen LogP contribution in [0.25, 0.3) is 0 Å². The van der Waals surface area contributed by atoms with Crippen LogP contribution in [0.5, 0.6) is 0 Å². The molecule has 0 spiro atoms. The summed E-state index contributed by atoms with van der Waals surface area (Å²) in [6.45, 7) is 14.0. The van der Waals surface area contributed by atoms with Gasteiger partial charge in [0.05, 0.1) is 0 Å². The van der Waals surface area contributed by atoms with Crippen molar-refractivity contribution in [3.05, 3.63) is 11.6 Å². The molecule has 0 aromatic heterocycles. The number of likely N-dealkylation sites (tertiary alicyclic amines) is 1. The molecule has 1 N–H and O–H groups in total. The largest absolute Gasteiger partial charge is 0.444 e. The van der Waals surface area contributed by atoms with E-state index in [9.17, 15) is 4.79 Å². The Labute approximate surface area is 121 Å². The number of halogens is 1. The highest BCUT2D eigenvalue weighted by Crippen LogP contribution is 2.19. The molecular formula is C14H25ClN2O2. The van der Waals surface area contributed by atoms with E-state index in [0.29, 0.717) is 17.5 Å². The summed E-state index contributed by atoms with van der Waals surface area (Å²) in [6.07, 6.45) is 0.574. The van der Waals surface area contributed by atoms with Crippen molar-refractivity contribution in [2.75, 3.05) is 19.6 Å². The lowest BCUT2D eigenvalue weighted by Crippen LogP contribution is -2.51. The Balaban J connectivity index is 2.41. The highest BCUT2D eigenvalue weighted by Gasteiger charge is 2.28. The smallest absolute Gasteiger partial charge is 0.407 e. The molecule has 0 radical (unpaired) electrons. The van der Waals surface area contributed by atoms with Crippen molar-refractivity contribution in [1.82, 2.24) is 10.2 Å². The highest BCUT2D eigenvalue weighted by molar-refractivity contribution is 6.29. The Kier molecular flexibility index (Phi) is 5.68. The Morgan fingerprint density at radius 1 is 1.53 bits per heavy atom. The van der Waals surface area contributed by atoms with Crippen LogP contribution < -0.4 is 5.32 Å². The van der Waals surface area contributed by atoms with Crippen molar-refractivity contribution in [2.45, 2.75) is 45.8 Å². The van der Waals surface area contributed by atoms with Gasteiger partial charge < -0.3 is 10.1 Å². The lowest BCUT2D eigenvalue weighted by atomic mass is 9.94. The molecule has 0 saturated carbocycles. The normalized spacial score (nSPS) is 24.9. The van der Waals surface area contributed by atoms with Crippen LogP contribution in [0.3, 0.4) is 0 Å². The SMILES string of the molecule is C=C(Cl)CN1CC[C@H](NC(=O)OC(C)(C)C)[C@H](C)C1. The van der Waals surface area contributed by atoms with E-state index < -0.39 is 5.60 Å². The Morgan fingerprint density at radius 3 is 2.63 bits per heavy atom. The molecule has 1 aliphatic heterocycles. The van der Waals surface area contributed by atoms with Crippen molar-refractivity contribution in [3.8, 4) is 0 Å². The van der Waals surface area contributed by atoms with E-state index >= 15 is 0 Å². The second-order valence-corrected chi connectivity index (χ2v) is 6.81. The van der Waals surface area contributed by atoms with Crippen LogP contribution in [0.15, 0.2) is 11.6 Å². The monoisotopic (exact) mass is 288 g/mol. The standard InChI is InChI=1S/C14H25ClN2O2/c1-10-8-17(9-11(2)15)7-6-12(10)16-13(18)19-14(3,4)5/h10,12H,2,6-9H2,1,3-5H3,(H,16,18)/t10-,12+/m1/s1. The van der Waals surface area contributed by atoms with Gasteiger partial charge in [-0.3, -0.25) is 4.90 Å². The number of rotatable bonds is 3. The van der Waals surface area contributed by atoms with E-state index in [1.54, 1.807) is 0 Å². The Hall–Kier alpha value is -0.740. The van der Waals surface area contributed by atoms with Crippen molar-refractivity contribution in [3.63, 3.8) is 0 Å². The van der Waals surface area contributed by atoms with Crippen LogP contribution in [0, 0.1) is 5.92 Å². The summed E-state index contributed by atoms with van der Waals surface area (Å²) in [5.74, 6) is 0.372.